The van der Waals surface area contributed by atoms with Crippen LogP contribution in [0.3, 0.4) is 0 Å². The molecule has 0 saturated carbocycles. The van der Waals surface area contributed by atoms with Crippen LogP contribution in [0.2, 0.25) is 5.15 Å². The average Bonchev–Trinajstić information content (AvgIpc) is 2.65. The maximum Gasteiger partial charge on any atom is 0.233 e. The van der Waals surface area contributed by atoms with Gasteiger partial charge in [0, 0.05) is 51.3 Å². The van der Waals surface area contributed by atoms with Gasteiger partial charge < -0.3 is 14.7 Å². The summed E-state index contributed by atoms with van der Waals surface area (Å²) in [4.78, 5) is 39.7. The monoisotopic (exact) mass is 455 g/mol. The van der Waals surface area contributed by atoms with E-state index in [0.29, 0.717) is 49.5 Å². The van der Waals surface area contributed by atoms with Crippen molar-refractivity contribution < 1.29 is 9.59 Å². The zero-order chi connectivity index (χ0) is 22.5. The molecule has 1 aromatic heterocycles. The minimum absolute atomic E-state index is 0.0250. The number of hydrogen-bond acceptors (Lipinski definition) is 6. The highest BCUT2D eigenvalue weighted by molar-refractivity contribution is 7.99. The van der Waals surface area contributed by atoms with Crippen molar-refractivity contribution in [3.63, 3.8) is 0 Å². The summed E-state index contributed by atoms with van der Waals surface area (Å²) in [7, 11) is 0. The van der Waals surface area contributed by atoms with Crippen LogP contribution in [0, 0.1) is 5.41 Å². The molecule has 0 bridgehead atoms. The highest BCUT2D eigenvalue weighted by Crippen LogP contribution is 2.26. The molecule has 0 aromatic carbocycles. The van der Waals surface area contributed by atoms with Crippen molar-refractivity contribution >= 4 is 41.0 Å². The number of anilines is 1. The first kappa shape index (κ1) is 24.7. The number of carbonyl (C=O) groups is 2. The van der Waals surface area contributed by atoms with Crippen molar-refractivity contribution in [3.05, 3.63) is 11.2 Å². The maximum atomic E-state index is 12.7. The molecular weight excluding hydrogens is 422 g/mol. The van der Waals surface area contributed by atoms with Gasteiger partial charge in [-0.1, -0.05) is 44.1 Å². The predicted octanol–water partition coefficient (Wildman–Crippen LogP) is 3.56. The Kier molecular flexibility index (Phi) is 8.79. The summed E-state index contributed by atoms with van der Waals surface area (Å²) in [5.41, 5.74) is -0.0250. The van der Waals surface area contributed by atoms with Crippen molar-refractivity contribution in [1.29, 1.82) is 0 Å². The Morgan fingerprint density at radius 1 is 1.23 bits per heavy atom. The number of aromatic nitrogens is 2. The van der Waals surface area contributed by atoms with E-state index >= 15 is 0 Å². The lowest BCUT2D eigenvalue weighted by Gasteiger charge is -2.41. The van der Waals surface area contributed by atoms with Gasteiger partial charge in [0.15, 0.2) is 5.16 Å². The molecule has 2 rings (SSSR count). The predicted molar refractivity (Wildman–Crippen MR) is 123 cm³/mol. The molecule has 0 radical (unpaired) electrons. The molecule has 1 saturated heterocycles. The Hall–Kier alpha value is -1.54. The fraction of sp³-hybridized carbons (Fsp3) is 0.714. The second-order valence-electron chi connectivity index (χ2n) is 8.81. The number of nitrogens with zero attached hydrogens (tertiary/aromatic N) is 5. The summed E-state index contributed by atoms with van der Waals surface area (Å²) in [6.07, 6.45) is 0.540. The Morgan fingerprint density at radius 3 is 2.47 bits per heavy atom. The van der Waals surface area contributed by atoms with Crippen molar-refractivity contribution in [2.75, 3.05) is 43.4 Å². The second-order valence-corrected chi connectivity index (χ2v) is 10.1. The Labute approximate surface area is 189 Å². The zero-order valence-electron chi connectivity index (χ0n) is 18.9. The number of piperazine rings is 1. The Bertz CT molecular complexity index is 751. The van der Waals surface area contributed by atoms with Crippen LogP contribution in [-0.4, -0.2) is 76.1 Å². The Morgan fingerprint density at radius 2 is 1.90 bits per heavy atom. The van der Waals surface area contributed by atoms with Crippen LogP contribution in [-0.2, 0) is 9.59 Å². The molecule has 1 unspecified atom stereocenters. The summed E-state index contributed by atoms with van der Waals surface area (Å²) < 4.78 is 0. The third-order valence-corrected chi connectivity index (χ3v) is 6.08. The van der Waals surface area contributed by atoms with Gasteiger partial charge in [0.1, 0.15) is 11.0 Å². The first-order valence-corrected chi connectivity index (χ1v) is 11.9. The third-order valence-electron chi connectivity index (χ3n) is 5.06. The summed E-state index contributed by atoms with van der Waals surface area (Å²) in [6.45, 7) is 15.6. The number of thioether (sulfide) groups is 1. The van der Waals surface area contributed by atoms with Gasteiger partial charge in [-0.2, -0.15) is 0 Å². The number of hydrogen-bond donors (Lipinski definition) is 0. The van der Waals surface area contributed by atoms with E-state index in [9.17, 15) is 9.59 Å². The zero-order valence-corrected chi connectivity index (χ0v) is 20.5. The summed E-state index contributed by atoms with van der Waals surface area (Å²) in [6, 6.07) is 1.83. The molecule has 1 aliphatic rings. The molecule has 1 fully saturated rings. The fourth-order valence-electron chi connectivity index (χ4n) is 3.50. The van der Waals surface area contributed by atoms with E-state index in [1.165, 1.54) is 11.8 Å². The molecule has 7 nitrogen and oxygen atoms in total. The molecule has 1 aliphatic heterocycles. The van der Waals surface area contributed by atoms with Gasteiger partial charge in [0.05, 0.1) is 5.75 Å². The standard InChI is InChI=1S/C21H34ClN5O2S/c1-7-25(8-2)19(29)14-30-20-23-16(22)11-17(24-20)26-9-10-27(15(3)13-26)18(28)12-21(4,5)6/h11,15H,7-10,12-14H2,1-6H3. The first-order chi connectivity index (χ1) is 14.0. The first-order valence-electron chi connectivity index (χ1n) is 10.5. The lowest BCUT2D eigenvalue weighted by molar-refractivity contribution is -0.135. The van der Waals surface area contributed by atoms with Crippen molar-refractivity contribution in [3.8, 4) is 0 Å². The molecule has 1 atom stereocenters. The van der Waals surface area contributed by atoms with E-state index in [1.807, 2.05) is 18.7 Å². The van der Waals surface area contributed by atoms with E-state index in [-0.39, 0.29) is 29.0 Å². The maximum absolute atomic E-state index is 12.7. The van der Waals surface area contributed by atoms with Gasteiger partial charge >= 0.3 is 0 Å². The topological polar surface area (TPSA) is 69.6 Å². The van der Waals surface area contributed by atoms with Crippen molar-refractivity contribution in [1.82, 2.24) is 19.8 Å². The smallest absolute Gasteiger partial charge is 0.233 e. The van der Waals surface area contributed by atoms with Crippen LogP contribution >= 0.6 is 23.4 Å². The van der Waals surface area contributed by atoms with Gasteiger partial charge in [-0.15, -0.1) is 0 Å². The summed E-state index contributed by atoms with van der Waals surface area (Å²) >= 11 is 7.54. The molecule has 0 N–H and O–H groups in total. The second kappa shape index (κ2) is 10.7. The molecule has 0 aliphatic carbocycles. The van der Waals surface area contributed by atoms with Crippen LogP contribution in [0.4, 0.5) is 5.82 Å². The molecule has 0 spiro atoms. The molecule has 30 heavy (non-hydrogen) atoms. The van der Waals surface area contributed by atoms with Gasteiger partial charge in [0.25, 0.3) is 0 Å². The summed E-state index contributed by atoms with van der Waals surface area (Å²) in [5, 5.41) is 0.855. The molecular formula is C21H34ClN5O2S. The SMILES string of the molecule is CCN(CC)C(=O)CSc1nc(Cl)cc(N2CCN(C(=O)CC(C)(C)C)C(C)C2)n1. The van der Waals surface area contributed by atoms with Gasteiger partial charge in [-0.05, 0) is 26.2 Å². The minimum Gasteiger partial charge on any atom is -0.353 e. The van der Waals surface area contributed by atoms with Crippen molar-refractivity contribution in [2.45, 2.75) is 59.2 Å². The van der Waals surface area contributed by atoms with E-state index < -0.39 is 0 Å². The summed E-state index contributed by atoms with van der Waals surface area (Å²) in [5.74, 6) is 1.28. The minimum atomic E-state index is -0.0250. The number of amides is 2. The van der Waals surface area contributed by atoms with E-state index in [2.05, 4.69) is 42.6 Å². The molecule has 2 amide bonds. The normalized spacial score (nSPS) is 17.2. The fourth-order valence-corrected chi connectivity index (χ4v) is 4.48. The van der Waals surface area contributed by atoms with Crippen LogP contribution in [0.5, 0.6) is 0 Å². The quantitative estimate of drug-likeness (QED) is 0.355. The largest absolute Gasteiger partial charge is 0.353 e. The number of halogens is 1. The molecule has 1 aromatic rings. The number of rotatable bonds is 7. The lowest BCUT2D eigenvalue weighted by atomic mass is 9.91. The molecule has 9 heteroatoms. The van der Waals surface area contributed by atoms with E-state index in [4.69, 9.17) is 11.6 Å². The van der Waals surface area contributed by atoms with Gasteiger partial charge in [-0.25, -0.2) is 9.97 Å². The highest BCUT2D eigenvalue weighted by atomic mass is 35.5. The highest BCUT2D eigenvalue weighted by Gasteiger charge is 2.30. The van der Waals surface area contributed by atoms with Crippen LogP contribution in [0.1, 0.15) is 48.0 Å². The van der Waals surface area contributed by atoms with Crippen LogP contribution < -0.4 is 4.90 Å². The van der Waals surface area contributed by atoms with E-state index in [0.717, 1.165) is 5.82 Å². The number of carbonyl (C=O) groups excluding carboxylic acids is 2. The van der Waals surface area contributed by atoms with Crippen molar-refractivity contribution in [2.24, 2.45) is 5.41 Å². The van der Waals surface area contributed by atoms with Crippen LogP contribution in [0.25, 0.3) is 0 Å². The van der Waals surface area contributed by atoms with Gasteiger partial charge in [0.2, 0.25) is 11.8 Å². The van der Waals surface area contributed by atoms with E-state index in [1.54, 1.807) is 11.0 Å². The molecule has 2 heterocycles. The average molecular weight is 456 g/mol. The molecule has 168 valence electrons. The van der Waals surface area contributed by atoms with Crippen LogP contribution in [0.15, 0.2) is 11.2 Å². The lowest BCUT2D eigenvalue weighted by Crippen LogP contribution is -2.54. The van der Waals surface area contributed by atoms with Gasteiger partial charge in [-0.3, -0.25) is 9.59 Å². The third kappa shape index (κ3) is 7.01. The Balaban J connectivity index is 2.03.